The van der Waals surface area contributed by atoms with E-state index in [2.05, 4.69) is 5.32 Å². The molecule has 0 bridgehead atoms. The van der Waals surface area contributed by atoms with Gasteiger partial charge in [0.05, 0.1) is 5.02 Å². The Labute approximate surface area is 97.4 Å². The molecule has 1 N–H and O–H groups in total. The molecule has 0 aromatic heterocycles. The lowest BCUT2D eigenvalue weighted by molar-refractivity contribution is -0.118. The minimum absolute atomic E-state index is 0.0725. The third kappa shape index (κ3) is 3.68. The molecule has 0 aliphatic heterocycles. The number of halogens is 3. The first-order valence-corrected chi connectivity index (χ1v) is 5.32. The van der Waals surface area contributed by atoms with E-state index in [4.69, 9.17) is 23.2 Å². The summed E-state index contributed by atoms with van der Waals surface area (Å²) in [5.41, 5.74) is 0.673. The molecule has 0 heterocycles. The highest BCUT2D eigenvalue weighted by Crippen LogP contribution is 2.19. The molecule has 2 nitrogen and oxygen atoms in total. The van der Waals surface area contributed by atoms with Crippen LogP contribution in [-0.4, -0.2) is 18.3 Å². The van der Waals surface area contributed by atoms with Crippen molar-refractivity contribution in [1.82, 2.24) is 5.32 Å². The van der Waals surface area contributed by atoms with Crippen LogP contribution in [0.5, 0.6) is 0 Å². The van der Waals surface area contributed by atoms with Crippen LogP contribution in [0.4, 0.5) is 4.39 Å². The molecular formula is C10H10Cl2FNO. The van der Waals surface area contributed by atoms with Crippen LogP contribution in [0, 0.1) is 5.82 Å². The Morgan fingerprint density at radius 1 is 1.47 bits per heavy atom. The molecule has 1 amide bonds. The zero-order valence-electron chi connectivity index (χ0n) is 7.90. The minimum atomic E-state index is -0.446. The van der Waals surface area contributed by atoms with Crippen LogP contribution < -0.4 is 5.32 Å². The molecule has 0 atom stereocenters. The molecule has 0 fully saturated rings. The molecule has 15 heavy (non-hydrogen) atoms. The Hall–Kier alpha value is -0.800. The van der Waals surface area contributed by atoms with E-state index in [0.29, 0.717) is 18.5 Å². The Morgan fingerprint density at radius 2 is 2.20 bits per heavy atom. The predicted molar refractivity (Wildman–Crippen MR) is 58.8 cm³/mol. The van der Waals surface area contributed by atoms with Gasteiger partial charge < -0.3 is 5.32 Å². The van der Waals surface area contributed by atoms with Crippen molar-refractivity contribution in [3.8, 4) is 0 Å². The Kier molecular flexibility index (Phi) is 4.85. The second-order valence-corrected chi connectivity index (χ2v) is 3.59. The van der Waals surface area contributed by atoms with Crippen LogP contribution in [0.25, 0.3) is 0 Å². The summed E-state index contributed by atoms with van der Waals surface area (Å²) < 4.78 is 13.0. The summed E-state index contributed by atoms with van der Waals surface area (Å²) in [6, 6.07) is 4.60. The molecule has 1 aromatic rings. The average molecular weight is 250 g/mol. The maximum absolute atomic E-state index is 13.0. The molecule has 0 aliphatic carbocycles. The number of nitrogens with one attached hydrogen (secondary N) is 1. The number of benzene rings is 1. The first-order valence-electron chi connectivity index (χ1n) is 4.40. The number of rotatable bonds is 4. The van der Waals surface area contributed by atoms with Gasteiger partial charge in [-0.3, -0.25) is 4.79 Å². The van der Waals surface area contributed by atoms with Gasteiger partial charge in [-0.25, -0.2) is 4.39 Å². The molecule has 0 radical (unpaired) electrons. The van der Waals surface area contributed by atoms with Crippen molar-refractivity contribution in [2.75, 3.05) is 12.4 Å². The third-order valence-corrected chi connectivity index (χ3v) is 2.54. The van der Waals surface area contributed by atoms with Gasteiger partial charge in [0, 0.05) is 6.54 Å². The summed E-state index contributed by atoms with van der Waals surface area (Å²) in [7, 11) is 0. The van der Waals surface area contributed by atoms with E-state index < -0.39 is 5.82 Å². The van der Waals surface area contributed by atoms with Crippen LogP contribution in [0.3, 0.4) is 0 Å². The van der Waals surface area contributed by atoms with Crippen molar-refractivity contribution in [3.05, 3.63) is 34.6 Å². The molecule has 82 valence electrons. The number of hydrogen-bond acceptors (Lipinski definition) is 1. The molecule has 0 unspecified atom stereocenters. The SMILES string of the molecule is O=C(CCl)NCCc1cccc(F)c1Cl. The van der Waals surface area contributed by atoms with Gasteiger partial charge in [-0.05, 0) is 18.1 Å². The fourth-order valence-corrected chi connectivity index (χ4v) is 1.44. The fraction of sp³-hybridized carbons (Fsp3) is 0.300. The molecule has 1 aromatic carbocycles. The monoisotopic (exact) mass is 249 g/mol. The van der Waals surface area contributed by atoms with Crippen LogP contribution >= 0.6 is 23.2 Å². The molecule has 0 spiro atoms. The van der Waals surface area contributed by atoms with Gasteiger partial charge in [-0.2, -0.15) is 0 Å². The summed E-state index contributed by atoms with van der Waals surface area (Å²) in [6.45, 7) is 0.398. The van der Waals surface area contributed by atoms with Gasteiger partial charge in [0.1, 0.15) is 11.7 Å². The smallest absolute Gasteiger partial charge is 0.234 e. The van der Waals surface area contributed by atoms with Crippen LogP contribution in [-0.2, 0) is 11.2 Å². The highest BCUT2D eigenvalue weighted by atomic mass is 35.5. The Bertz CT molecular complexity index is 357. The summed E-state index contributed by atoms with van der Waals surface area (Å²) in [5, 5.41) is 2.68. The van der Waals surface area contributed by atoms with Gasteiger partial charge in [-0.1, -0.05) is 23.7 Å². The van der Waals surface area contributed by atoms with E-state index in [0.717, 1.165) is 0 Å². The van der Waals surface area contributed by atoms with Crippen LogP contribution in [0.1, 0.15) is 5.56 Å². The number of hydrogen-bond donors (Lipinski definition) is 1. The van der Waals surface area contributed by atoms with Gasteiger partial charge in [0.2, 0.25) is 5.91 Å². The summed E-state index contributed by atoms with van der Waals surface area (Å²) >= 11 is 11.0. The van der Waals surface area contributed by atoms with Gasteiger partial charge >= 0.3 is 0 Å². The zero-order chi connectivity index (χ0) is 11.3. The van der Waals surface area contributed by atoms with E-state index in [-0.39, 0.29) is 16.8 Å². The maximum atomic E-state index is 13.0. The number of carbonyl (C=O) groups is 1. The van der Waals surface area contributed by atoms with Crippen molar-refractivity contribution in [2.24, 2.45) is 0 Å². The largest absolute Gasteiger partial charge is 0.355 e. The van der Waals surface area contributed by atoms with Gasteiger partial charge in [0.25, 0.3) is 0 Å². The zero-order valence-corrected chi connectivity index (χ0v) is 9.41. The predicted octanol–water partition coefficient (Wildman–Crippen LogP) is 2.38. The lowest BCUT2D eigenvalue weighted by atomic mass is 10.1. The summed E-state index contributed by atoms with van der Waals surface area (Å²) in [5.74, 6) is -0.765. The normalized spacial score (nSPS) is 10.1. The van der Waals surface area contributed by atoms with E-state index in [1.54, 1.807) is 12.1 Å². The van der Waals surface area contributed by atoms with E-state index >= 15 is 0 Å². The summed E-state index contributed by atoms with van der Waals surface area (Å²) in [6.07, 6.45) is 0.485. The maximum Gasteiger partial charge on any atom is 0.234 e. The number of amides is 1. The van der Waals surface area contributed by atoms with E-state index in [1.165, 1.54) is 6.07 Å². The highest BCUT2D eigenvalue weighted by Gasteiger charge is 2.05. The first-order chi connectivity index (χ1) is 7.15. The molecule has 0 aliphatic rings. The van der Waals surface area contributed by atoms with Gasteiger partial charge in [0.15, 0.2) is 0 Å². The van der Waals surface area contributed by atoms with E-state index in [9.17, 15) is 9.18 Å². The Morgan fingerprint density at radius 3 is 2.87 bits per heavy atom. The topological polar surface area (TPSA) is 29.1 Å². The van der Waals surface area contributed by atoms with E-state index in [1.807, 2.05) is 0 Å². The lowest BCUT2D eigenvalue weighted by Gasteiger charge is -2.05. The van der Waals surface area contributed by atoms with Crippen molar-refractivity contribution in [2.45, 2.75) is 6.42 Å². The standard InChI is InChI=1S/C10H10Cl2FNO/c11-6-9(15)14-5-4-7-2-1-3-8(13)10(7)12/h1-3H,4-6H2,(H,14,15). The van der Waals surface area contributed by atoms with Crippen molar-refractivity contribution >= 4 is 29.1 Å². The first kappa shape index (κ1) is 12.3. The average Bonchev–Trinajstić information content (AvgIpc) is 2.24. The molecule has 0 saturated heterocycles. The lowest BCUT2D eigenvalue weighted by Crippen LogP contribution is -2.26. The Balaban J connectivity index is 2.51. The van der Waals surface area contributed by atoms with Crippen molar-refractivity contribution in [1.29, 1.82) is 0 Å². The molecule has 5 heteroatoms. The third-order valence-electron chi connectivity index (χ3n) is 1.87. The van der Waals surface area contributed by atoms with Gasteiger partial charge in [-0.15, -0.1) is 11.6 Å². The van der Waals surface area contributed by atoms with Crippen molar-refractivity contribution < 1.29 is 9.18 Å². The van der Waals surface area contributed by atoms with Crippen molar-refractivity contribution in [3.63, 3.8) is 0 Å². The van der Waals surface area contributed by atoms with Crippen LogP contribution in [0.2, 0.25) is 5.02 Å². The quantitative estimate of drug-likeness (QED) is 0.816. The second-order valence-electron chi connectivity index (χ2n) is 2.95. The number of carbonyl (C=O) groups excluding carboxylic acids is 1. The summed E-state index contributed by atoms with van der Waals surface area (Å²) in [4.78, 5) is 10.8. The highest BCUT2D eigenvalue weighted by molar-refractivity contribution is 6.31. The fourth-order valence-electron chi connectivity index (χ4n) is 1.13. The number of alkyl halides is 1. The minimum Gasteiger partial charge on any atom is -0.355 e. The molecule has 1 rings (SSSR count). The molecule has 0 saturated carbocycles. The molecular weight excluding hydrogens is 240 g/mol. The second kappa shape index (κ2) is 5.93. The van der Waals surface area contributed by atoms with Crippen LogP contribution in [0.15, 0.2) is 18.2 Å².